The third kappa shape index (κ3) is 3.55. The SMILES string of the molecule is CCOC1(c2nccc(CC(N)CC)n2)CCCCC1. The molecule has 1 atom stereocenters. The van der Waals surface area contributed by atoms with Gasteiger partial charge in [-0.1, -0.05) is 26.2 Å². The minimum Gasteiger partial charge on any atom is -0.367 e. The fourth-order valence-electron chi connectivity index (χ4n) is 2.97. The van der Waals surface area contributed by atoms with Gasteiger partial charge in [0.05, 0.1) is 0 Å². The van der Waals surface area contributed by atoms with E-state index in [0.29, 0.717) is 6.61 Å². The van der Waals surface area contributed by atoms with Gasteiger partial charge in [-0.15, -0.1) is 0 Å². The maximum Gasteiger partial charge on any atom is 0.160 e. The van der Waals surface area contributed by atoms with Crippen LogP contribution in [0.3, 0.4) is 0 Å². The Morgan fingerprint density at radius 1 is 1.30 bits per heavy atom. The molecule has 1 fully saturated rings. The lowest BCUT2D eigenvalue weighted by atomic mass is 9.83. The summed E-state index contributed by atoms with van der Waals surface area (Å²) < 4.78 is 6.09. The molecule has 0 amide bonds. The molecular weight excluding hydrogens is 250 g/mol. The summed E-state index contributed by atoms with van der Waals surface area (Å²) in [6, 6.07) is 2.15. The van der Waals surface area contributed by atoms with E-state index in [1.54, 1.807) is 0 Å². The zero-order valence-electron chi connectivity index (χ0n) is 12.8. The summed E-state index contributed by atoms with van der Waals surface area (Å²) in [5, 5.41) is 0. The molecule has 4 nitrogen and oxygen atoms in total. The zero-order valence-corrected chi connectivity index (χ0v) is 12.8. The first kappa shape index (κ1) is 15.4. The molecule has 1 heterocycles. The number of ether oxygens (including phenoxy) is 1. The second kappa shape index (κ2) is 7.14. The van der Waals surface area contributed by atoms with Crippen molar-refractivity contribution < 1.29 is 4.74 Å². The Kier molecular flexibility index (Phi) is 5.49. The van der Waals surface area contributed by atoms with E-state index < -0.39 is 0 Å². The Morgan fingerprint density at radius 2 is 2.05 bits per heavy atom. The number of aromatic nitrogens is 2. The van der Waals surface area contributed by atoms with Crippen LogP contribution in [-0.4, -0.2) is 22.6 Å². The number of hydrogen-bond acceptors (Lipinski definition) is 4. The van der Waals surface area contributed by atoms with E-state index in [-0.39, 0.29) is 11.6 Å². The molecule has 1 aromatic rings. The molecule has 0 radical (unpaired) electrons. The average Bonchev–Trinajstić information content (AvgIpc) is 2.48. The predicted octanol–water partition coefficient (Wildman–Crippen LogP) is 2.95. The van der Waals surface area contributed by atoms with Crippen molar-refractivity contribution in [3.63, 3.8) is 0 Å². The maximum atomic E-state index is 6.09. The van der Waals surface area contributed by atoms with Gasteiger partial charge in [0.15, 0.2) is 5.82 Å². The summed E-state index contributed by atoms with van der Waals surface area (Å²) in [6.07, 6.45) is 9.38. The Morgan fingerprint density at radius 3 is 2.70 bits per heavy atom. The molecule has 1 saturated carbocycles. The van der Waals surface area contributed by atoms with Gasteiger partial charge in [-0.05, 0) is 32.3 Å². The summed E-state index contributed by atoms with van der Waals surface area (Å²) in [5.74, 6) is 0.861. The van der Waals surface area contributed by atoms with Crippen LogP contribution in [0, 0.1) is 0 Å². The van der Waals surface area contributed by atoms with E-state index in [0.717, 1.165) is 37.2 Å². The van der Waals surface area contributed by atoms with Crippen LogP contribution in [0.2, 0.25) is 0 Å². The molecule has 112 valence electrons. The molecule has 0 aromatic carbocycles. The van der Waals surface area contributed by atoms with Gasteiger partial charge >= 0.3 is 0 Å². The van der Waals surface area contributed by atoms with Gasteiger partial charge in [-0.25, -0.2) is 9.97 Å². The molecule has 1 unspecified atom stereocenters. The van der Waals surface area contributed by atoms with Crippen molar-refractivity contribution in [1.82, 2.24) is 9.97 Å². The standard InChI is InChI=1S/C16H27N3O/c1-3-13(17)12-14-8-11-18-15(19-14)16(20-4-2)9-6-5-7-10-16/h8,11,13H,3-7,9-10,12,17H2,1-2H3. The normalized spacial score (nSPS) is 19.8. The largest absolute Gasteiger partial charge is 0.367 e. The average molecular weight is 277 g/mol. The predicted molar refractivity (Wildman–Crippen MR) is 80.4 cm³/mol. The van der Waals surface area contributed by atoms with Crippen molar-refractivity contribution in [3.8, 4) is 0 Å². The van der Waals surface area contributed by atoms with E-state index >= 15 is 0 Å². The Labute approximate surface area is 122 Å². The first-order valence-corrected chi connectivity index (χ1v) is 7.92. The lowest BCUT2D eigenvalue weighted by Crippen LogP contribution is -2.35. The minimum absolute atomic E-state index is 0.173. The highest BCUT2D eigenvalue weighted by Crippen LogP contribution is 2.38. The summed E-state index contributed by atoms with van der Waals surface area (Å²) in [4.78, 5) is 9.27. The Hall–Kier alpha value is -1.00. The molecule has 1 aliphatic carbocycles. The van der Waals surface area contributed by atoms with Crippen LogP contribution in [0.25, 0.3) is 0 Å². The van der Waals surface area contributed by atoms with Crippen molar-refractivity contribution in [2.24, 2.45) is 5.73 Å². The highest BCUT2D eigenvalue weighted by Gasteiger charge is 2.37. The van der Waals surface area contributed by atoms with Crippen LogP contribution in [0.4, 0.5) is 0 Å². The topological polar surface area (TPSA) is 61.0 Å². The van der Waals surface area contributed by atoms with Gasteiger partial charge in [0.25, 0.3) is 0 Å². The van der Waals surface area contributed by atoms with Crippen LogP contribution >= 0.6 is 0 Å². The highest BCUT2D eigenvalue weighted by atomic mass is 16.5. The molecule has 20 heavy (non-hydrogen) atoms. The van der Waals surface area contributed by atoms with Crippen LogP contribution in [0.15, 0.2) is 12.3 Å². The highest BCUT2D eigenvalue weighted by molar-refractivity contribution is 5.11. The molecule has 0 spiro atoms. The van der Waals surface area contributed by atoms with E-state index in [9.17, 15) is 0 Å². The van der Waals surface area contributed by atoms with Crippen LogP contribution in [0.1, 0.15) is 63.9 Å². The summed E-state index contributed by atoms with van der Waals surface area (Å²) in [6.45, 7) is 4.87. The molecule has 0 aliphatic heterocycles. The van der Waals surface area contributed by atoms with Gasteiger partial charge in [0.2, 0.25) is 0 Å². The van der Waals surface area contributed by atoms with Gasteiger partial charge in [-0.2, -0.15) is 0 Å². The van der Waals surface area contributed by atoms with Crippen LogP contribution in [-0.2, 0) is 16.8 Å². The lowest BCUT2D eigenvalue weighted by molar-refractivity contribution is -0.0768. The number of rotatable bonds is 6. The van der Waals surface area contributed by atoms with Crippen LogP contribution < -0.4 is 5.73 Å². The van der Waals surface area contributed by atoms with E-state index in [1.807, 2.05) is 19.2 Å². The van der Waals surface area contributed by atoms with Crippen molar-refractivity contribution in [2.45, 2.75) is 70.4 Å². The zero-order chi connectivity index (χ0) is 14.4. The Bertz CT molecular complexity index is 410. The number of nitrogens with zero attached hydrogens (tertiary/aromatic N) is 2. The fraction of sp³-hybridized carbons (Fsp3) is 0.750. The van der Waals surface area contributed by atoms with Crippen molar-refractivity contribution in [3.05, 3.63) is 23.8 Å². The third-order valence-corrected chi connectivity index (χ3v) is 4.20. The second-order valence-corrected chi connectivity index (χ2v) is 5.73. The molecule has 2 N–H and O–H groups in total. The van der Waals surface area contributed by atoms with E-state index in [1.165, 1.54) is 19.3 Å². The molecular formula is C16H27N3O. The fourth-order valence-corrected chi connectivity index (χ4v) is 2.97. The van der Waals surface area contributed by atoms with Gasteiger partial charge in [0.1, 0.15) is 5.60 Å². The van der Waals surface area contributed by atoms with E-state index in [4.69, 9.17) is 15.5 Å². The first-order chi connectivity index (χ1) is 9.70. The first-order valence-electron chi connectivity index (χ1n) is 7.92. The van der Waals surface area contributed by atoms with Gasteiger partial charge in [-0.3, -0.25) is 0 Å². The Balaban J connectivity index is 2.22. The van der Waals surface area contributed by atoms with Gasteiger partial charge < -0.3 is 10.5 Å². The summed E-state index contributed by atoms with van der Waals surface area (Å²) in [7, 11) is 0. The van der Waals surface area contributed by atoms with Crippen LogP contribution in [0.5, 0.6) is 0 Å². The van der Waals surface area contributed by atoms with Gasteiger partial charge in [0, 0.05) is 31.0 Å². The smallest absolute Gasteiger partial charge is 0.160 e. The van der Waals surface area contributed by atoms with Crippen molar-refractivity contribution in [2.75, 3.05) is 6.61 Å². The molecule has 1 aromatic heterocycles. The summed E-state index contributed by atoms with van der Waals surface area (Å²) >= 11 is 0. The monoisotopic (exact) mass is 277 g/mol. The molecule has 2 rings (SSSR count). The number of nitrogens with two attached hydrogens (primary N) is 1. The quantitative estimate of drug-likeness (QED) is 0.868. The summed E-state index contributed by atoms with van der Waals surface area (Å²) in [5.41, 5.74) is 6.81. The second-order valence-electron chi connectivity index (χ2n) is 5.73. The van der Waals surface area contributed by atoms with Crippen molar-refractivity contribution >= 4 is 0 Å². The van der Waals surface area contributed by atoms with Crippen molar-refractivity contribution in [1.29, 1.82) is 0 Å². The minimum atomic E-state index is -0.265. The lowest BCUT2D eigenvalue weighted by Gasteiger charge is -2.35. The maximum absolute atomic E-state index is 6.09. The third-order valence-electron chi connectivity index (χ3n) is 4.20. The molecule has 1 aliphatic rings. The molecule has 4 heteroatoms. The molecule has 0 saturated heterocycles. The van der Waals surface area contributed by atoms with E-state index in [2.05, 4.69) is 11.9 Å². The number of hydrogen-bond donors (Lipinski definition) is 1. The molecule has 0 bridgehead atoms.